The van der Waals surface area contributed by atoms with Crippen LogP contribution in [0.4, 0.5) is 0 Å². The third kappa shape index (κ3) is 3.66. The van der Waals surface area contributed by atoms with Crippen LogP contribution in [0.5, 0.6) is 0 Å². The number of allylic oxidation sites excluding steroid dienone is 4. The summed E-state index contributed by atoms with van der Waals surface area (Å²) < 4.78 is 0. The number of aliphatic hydroxyl groups excluding tert-OH is 1. The summed E-state index contributed by atoms with van der Waals surface area (Å²) in [6, 6.07) is 0. The maximum atomic E-state index is 10.3. The molecule has 0 amide bonds. The van der Waals surface area contributed by atoms with E-state index in [9.17, 15) is 5.11 Å². The van der Waals surface area contributed by atoms with Crippen LogP contribution in [0, 0.1) is 52.3 Å². The highest BCUT2D eigenvalue weighted by molar-refractivity contribution is 5.28. The maximum Gasteiger partial charge on any atom is 0.0543 e. The molecule has 3 fully saturated rings. The summed E-state index contributed by atoms with van der Waals surface area (Å²) in [5.41, 5.74) is 2.79. The highest BCUT2D eigenvalue weighted by Crippen LogP contribution is 2.66. The molecule has 9 atom stereocenters. The van der Waals surface area contributed by atoms with E-state index in [0.29, 0.717) is 22.7 Å². The molecule has 4 rings (SSSR count). The maximum absolute atomic E-state index is 10.3. The van der Waals surface area contributed by atoms with Crippen molar-refractivity contribution in [3.05, 3.63) is 23.8 Å². The Hall–Kier alpha value is -0.560. The molecule has 0 aliphatic heterocycles. The molecule has 0 spiro atoms. The summed E-state index contributed by atoms with van der Waals surface area (Å²) in [5.74, 6) is 5.32. The molecule has 0 aromatic carbocycles. The van der Waals surface area contributed by atoms with Gasteiger partial charge in [-0.2, -0.15) is 0 Å². The molecule has 0 bridgehead atoms. The van der Waals surface area contributed by atoms with E-state index in [1.807, 2.05) is 5.57 Å². The Bertz CT molecular complexity index is 674. The second-order valence-electron chi connectivity index (χ2n) is 12.5. The Kier molecular flexibility index (Phi) is 6.35. The first-order chi connectivity index (χ1) is 14.2. The van der Waals surface area contributed by atoms with Gasteiger partial charge >= 0.3 is 0 Å². The van der Waals surface area contributed by atoms with Crippen LogP contribution >= 0.6 is 0 Å². The van der Waals surface area contributed by atoms with Gasteiger partial charge in [-0.25, -0.2) is 0 Å². The Balaban J connectivity index is 1.53. The molecule has 0 heterocycles. The van der Waals surface area contributed by atoms with Crippen LogP contribution in [0.2, 0.25) is 0 Å². The van der Waals surface area contributed by atoms with E-state index in [2.05, 4.69) is 59.8 Å². The smallest absolute Gasteiger partial charge is 0.0543 e. The Labute approximate surface area is 186 Å². The van der Waals surface area contributed by atoms with Gasteiger partial charge in [0.05, 0.1) is 6.10 Å². The Morgan fingerprint density at radius 3 is 2.40 bits per heavy atom. The minimum Gasteiger partial charge on any atom is -0.393 e. The van der Waals surface area contributed by atoms with Gasteiger partial charge in [-0.15, -0.1) is 0 Å². The summed E-state index contributed by atoms with van der Waals surface area (Å²) in [4.78, 5) is 0. The zero-order valence-electron chi connectivity index (χ0n) is 20.7. The van der Waals surface area contributed by atoms with Crippen molar-refractivity contribution in [2.24, 2.45) is 52.3 Å². The van der Waals surface area contributed by atoms with Crippen LogP contribution in [-0.4, -0.2) is 11.2 Å². The number of aliphatic hydroxyl groups is 1. The molecular weight excluding hydrogens is 364 g/mol. The molecule has 4 aliphatic carbocycles. The lowest BCUT2D eigenvalue weighted by atomic mass is 9.47. The second kappa shape index (κ2) is 8.42. The molecule has 0 saturated heterocycles. The number of hydrogen-bond acceptors (Lipinski definition) is 1. The Morgan fingerprint density at radius 2 is 1.70 bits per heavy atom. The van der Waals surface area contributed by atoms with Gasteiger partial charge in [0, 0.05) is 0 Å². The van der Waals surface area contributed by atoms with Gasteiger partial charge in [-0.05, 0) is 110 Å². The van der Waals surface area contributed by atoms with Gasteiger partial charge < -0.3 is 5.11 Å². The summed E-state index contributed by atoms with van der Waals surface area (Å²) in [7, 11) is 0. The quantitative estimate of drug-likeness (QED) is 0.457. The van der Waals surface area contributed by atoms with E-state index >= 15 is 0 Å². The van der Waals surface area contributed by atoms with Crippen LogP contribution in [0.15, 0.2) is 23.8 Å². The first-order valence-corrected chi connectivity index (χ1v) is 13.3. The molecule has 1 nitrogen and oxygen atoms in total. The lowest BCUT2D eigenvalue weighted by Gasteiger charge is -2.57. The van der Waals surface area contributed by atoms with Gasteiger partial charge in [0.1, 0.15) is 0 Å². The third-order valence-corrected chi connectivity index (χ3v) is 10.7. The van der Waals surface area contributed by atoms with Gasteiger partial charge in [-0.1, -0.05) is 65.3 Å². The molecule has 1 N–H and O–H groups in total. The van der Waals surface area contributed by atoms with Gasteiger partial charge in [-0.3, -0.25) is 0 Å². The van der Waals surface area contributed by atoms with Crippen LogP contribution in [0.1, 0.15) is 99.3 Å². The monoisotopic (exact) mass is 412 g/mol. The van der Waals surface area contributed by atoms with E-state index < -0.39 is 0 Å². The van der Waals surface area contributed by atoms with Crippen molar-refractivity contribution < 1.29 is 5.11 Å². The molecule has 0 aromatic heterocycles. The topological polar surface area (TPSA) is 20.2 Å². The SMILES string of the molecule is CC[C@H](/C=C/[C@H](C)[C@@H]1CC[C@H]2C3=CC[C@H]4C[C@@H](O)CC[C@]4(C)[C@@H]3CC[C@@]21C)C(C)C. The second-order valence-corrected chi connectivity index (χ2v) is 12.5. The predicted octanol–water partition coefficient (Wildman–Crippen LogP) is 7.80. The summed E-state index contributed by atoms with van der Waals surface area (Å²) in [5, 5.41) is 10.3. The molecule has 1 heteroatoms. The zero-order valence-corrected chi connectivity index (χ0v) is 20.7. The highest BCUT2D eigenvalue weighted by atomic mass is 16.3. The van der Waals surface area contributed by atoms with Crippen LogP contribution in [0.25, 0.3) is 0 Å². The van der Waals surface area contributed by atoms with Crippen molar-refractivity contribution in [3.63, 3.8) is 0 Å². The van der Waals surface area contributed by atoms with Gasteiger partial charge in [0.25, 0.3) is 0 Å². The van der Waals surface area contributed by atoms with Crippen molar-refractivity contribution in [1.29, 1.82) is 0 Å². The van der Waals surface area contributed by atoms with Crippen molar-refractivity contribution in [2.75, 3.05) is 0 Å². The Morgan fingerprint density at radius 1 is 1.00 bits per heavy atom. The average Bonchev–Trinajstić information content (AvgIpc) is 3.06. The lowest BCUT2D eigenvalue weighted by molar-refractivity contribution is -0.0414. The van der Waals surface area contributed by atoms with E-state index in [1.165, 1.54) is 44.9 Å². The minimum atomic E-state index is -0.0480. The van der Waals surface area contributed by atoms with Crippen LogP contribution in [0.3, 0.4) is 0 Å². The number of hydrogen-bond donors (Lipinski definition) is 1. The molecule has 0 aromatic rings. The van der Waals surface area contributed by atoms with Crippen molar-refractivity contribution >= 4 is 0 Å². The van der Waals surface area contributed by atoms with Crippen LogP contribution < -0.4 is 0 Å². The fourth-order valence-electron chi connectivity index (χ4n) is 8.68. The minimum absolute atomic E-state index is 0.0480. The lowest BCUT2D eigenvalue weighted by Crippen LogP contribution is -2.49. The van der Waals surface area contributed by atoms with E-state index in [1.54, 1.807) is 0 Å². The summed E-state index contributed by atoms with van der Waals surface area (Å²) in [6.07, 6.45) is 19.2. The number of rotatable bonds is 5. The van der Waals surface area contributed by atoms with E-state index in [4.69, 9.17) is 0 Å². The van der Waals surface area contributed by atoms with E-state index in [0.717, 1.165) is 42.4 Å². The molecular formula is C29H48O. The van der Waals surface area contributed by atoms with Crippen molar-refractivity contribution in [1.82, 2.24) is 0 Å². The first-order valence-electron chi connectivity index (χ1n) is 13.3. The zero-order chi connectivity index (χ0) is 21.7. The third-order valence-electron chi connectivity index (χ3n) is 10.7. The molecule has 170 valence electrons. The first kappa shape index (κ1) is 22.6. The van der Waals surface area contributed by atoms with Crippen molar-refractivity contribution in [2.45, 2.75) is 105 Å². The summed E-state index contributed by atoms with van der Waals surface area (Å²) in [6.45, 7) is 14.8. The van der Waals surface area contributed by atoms with E-state index in [-0.39, 0.29) is 6.10 Å². The molecule has 0 radical (unpaired) electrons. The molecule has 3 saturated carbocycles. The predicted molar refractivity (Wildman–Crippen MR) is 128 cm³/mol. The fourth-order valence-corrected chi connectivity index (χ4v) is 8.68. The average molecular weight is 413 g/mol. The van der Waals surface area contributed by atoms with Gasteiger partial charge in [0.2, 0.25) is 0 Å². The number of fused-ring (bicyclic) bond motifs is 5. The van der Waals surface area contributed by atoms with Crippen molar-refractivity contribution in [3.8, 4) is 0 Å². The fraction of sp³-hybridized carbons (Fsp3) is 0.862. The van der Waals surface area contributed by atoms with Crippen LogP contribution in [-0.2, 0) is 0 Å². The normalized spacial score (nSPS) is 45.6. The van der Waals surface area contributed by atoms with Gasteiger partial charge in [0.15, 0.2) is 0 Å². The molecule has 30 heavy (non-hydrogen) atoms. The highest BCUT2D eigenvalue weighted by Gasteiger charge is 2.57. The summed E-state index contributed by atoms with van der Waals surface area (Å²) >= 11 is 0. The molecule has 0 unspecified atom stereocenters. The molecule has 4 aliphatic rings. The standard InChI is InChI=1S/C29H48O/c1-7-21(19(2)3)9-8-20(4)25-12-13-26-24-11-10-22-18-23(30)14-16-28(22,5)27(24)15-17-29(25,26)6/h8-9,11,19-23,25-27,30H,7,10,12-18H2,1-6H3/b9-8+/t20-,21+,22-,23-,25-,26-,27+,28-,29+/m0/s1. The largest absolute Gasteiger partial charge is 0.393 e.